The molecule has 0 aromatic heterocycles. The Morgan fingerprint density at radius 3 is 2.59 bits per heavy atom. The van der Waals surface area contributed by atoms with E-state index in [1.165, 1.54) is 10.9 Å². The number of carbonyl (C=O) groups excluding carboxylic acids is 1. The van der Waals surface area contributed by atoms with E-state index in [9.17, 15) is 4.79 Å². The maximum atomic E-state index is 12.4. The van der Waals surface area contributed by atoms with E-state index in [4.69, 9.17) is 16.3 Å². The number of carbonyl (C=O) groups is 1. The molecule has 1 unspecified atom stereocenters. The lowest BCUT2D eigenvalue weighted by Gasteiger charge is -2.15. The second-order valence-corrected chi connectivity index (χ2v) is 7.30. The van der Waals surface area contributed by atoms with Crippen molar-refractivity contribution in [2.24, 2.45) is 0 Å². The average Bonchev–Trinajstić information content (AvgIpc) is 2.64. The van der Waals surface area contributed by atoms with Crippen molar-refractivity contribution in [1.29, 1.82) is 0 Å². The number of hydrogen-bond donors (Lipinski definition) is 2. The lowest BCUT2D eigenvalue weighted by Crippen LogP contribution is -3.08. The van der Waals surface area contributed by atoms with Crippen LogP contribution >= 0.6 is 11.6 Å². The first kappa shape index (κ1) is 19.2. The predicted molar refractivity (Wildman–Crippen MR) is 111 cm³/mol. The first-order valence-electron chi connectivity index (χ1n) is 8.88. The van der Waals surface area contributed by atoms with Gasteiger partial charge in [-0.25, -0.2) is 0 Å². The van der Waals surface area contributed by atoms with Gasteiger partial charge in [0.1, 0.15) is 12.3 Å². The minimum absolute atomic E-state index is 0.0246. The van der Waals surface area contributed by atoms with E-state index in [2.05, 4.69) is 29.6 Å². The Hall–Kier alpha value is -2.56. The third kappa shape index (κ3) is 5.00. The maximum Gasteiger partial charge on any atom is 0.279 e. The second-order valence-electron chi connectivity index (χ2n) is 6.87. The van der Waals surface area contributed by atoms with Crippen LogP contribution in [0, 0.1) is 6.92 Å². The molecule has 0 aliphatic rings. The number of halogens is 1. The molecule has 2 N–H and O–H groups in total. The first-order valence-corrected chi connectivity index (χ1v) is 9.26. The highest BCUT2D eigenvalue weighted by Gasteiger charge is 2.12. The molecule has 27 heavy (non-hydrogen) atoms. The monoisotopic (exact) mass is 383 g/mol. The van der Waals surface area contributed by atoms with E-state index >= 15 is 0 Å². The first-order chi connectivity index (χ1) is 12.9. The molecule has 0 aliphatic carbocycles. The highest BCUT2D eigenvalue weighted by atomic mass is 35.5. The van der Waals surface area contributed by atoms with Crippen LogP contribution in [0.3, 0.4) is 0 Å². The van der Waals surface area contributed by atoms with E-state index in [0.717, 1.165) is 33.8 Å². The molecule has 1 atom stereocenters. The number of ether oxygens (including phenoxy) is 1. The summed E-state index contributed by atoms with van der Waals surface area (Å²) in [5.41, 5.74) is 2.95. The van der Waals surface area contributed by atoms with Gasteiger partial charge in [0.15, 0.2) is 6.54 Å². The summed E-state index contributed by atoms with van der Waals surface area (Å²) >= 11 is 6.02. The fraction of sp³-hybridized carbons (Fsp3) is 0.227. The Bertz CT molecular complexity index is 972. The van der Waals surface area contributed by atoms with Gasteiger partial charge in [0.25, 0.3) is 5.91 Å². The molecule has 0 saturated carbocycles. The fourth-order valence-corrected chi connectivity index (χ4v) is 3.29. The van der Waals surface area contributed by atoms with Crippen molar-refractivity contribution in [2.45, 2.75) is 13.5 Å². The number of aryl methyl sites for hydroxylation is 1. The quantitative estimate of drug-likeness (QED) is 0.684. The van der Waals surface area contributed by atoms with Crippen LogP contribution in [0.25, 0.3) is 10.8 Å². The van der Waals surface area contributed by atoms with Crippen molar-refractivity contribution in [2.75, 3.05) is 26.0 Å². The lowest BCUT2D eigenvalue weighted by atomic mass is 10.1. The topological polar surface area (TPSA) is 42.8 Å². The summed E-state index contributed by atoms with van der Waals surface area (Å²) in [6.07, 6.45) is 0. The van der Waals surface area contributed by atoms with Gasteiger partial charge in [0.05, 0.1) is 14.2 Å². The molecule has 3 aromatic rings. The zero-order chi connectivity index (χ0) is 19.4. The molecule has 1 amide bonds. The van der Waals surface area contributed by atoms with Crippen LogP contribution in [0.15, 0.2) is 54.6 Å². The van der Waals surface area contributed by atoms with Crippen LogP contribution in [-0.2, 0) is 11.3 Å². The molecule has 0 spiro atoms. The Kier molecular flexibility index (Phi) is 5.99. The van der Waals surface area contributed by atoms with Crippen LogP contribution in [0.5, 0.6) is 5.75 Å². The van der Waals surface area contributed by atoms with Gasteiger partial charge in [0.2, 0.25) is 0 Å². The fourth-order valence-electron chi connectivity index (χ4n) is 3.12. The van der Waals surface area contributed by atoms with Gasteiger partial charge < -0.3 is 15.0 Å². The van der Waals surface area contributed by atoms with E-state index in [-0.39, 0.29) is 5.91 Å². The molecular formula is C22H24ClN2O2+. The van der Waals surface area contributed by atoms with Crippen molar-refractivity contribution in [3.63, 3.8) is 0 Å². The number of nitrogens with one attached hydrogen (secondary N) is 2. The predicted octanol–water partition coefficient (Wildman–Crippen LogP) is 3.46. The largest absolute Gasteiger partial charge is 0.497 e. The van der Waals surface area contributed by atoms with Gasteiger partial charge in [-0.15, -0.1) is 0 Å². The molecule has 0 radical (unpaired) electrons. The van der Waals surface area contributed by atoms with Crippen LogP contribution < -0.4 is 15.0 Å². The summed E-state index contributed by atoms with van der Waals surface area (Å²) in [6, 6.07) is 17.9. The summed E-state index contributed by atoms with van der Waals surface area (Å²) in [7, 11) is 3.69. The zero-order valence-corrected chi connectivity index (χ0v) is 16.6. The van der Waals surface area contributed by atoms with Crippen molar-refractivity contribution in [1.82, 2.24) is 0 Å². The lowest BCUT2D eigenvalue weighted by molar-refractivity contribution is -0.885. The van der Waals surface area contributed by atoms with Gasteiger partial charge in [-0.05, 0) is 53.6 Å². The number of fused-ring (bicyclic) bond motifs is 1. The van der Waals surface area contributed by atoms with Gasteiger partial charge in [-0.2, -0.15) is 0 Å². The van der Waals surface area contributed by atoms with Gasteiger partial charge in [-0.1, -0.05) is 35.9 Å². The Morgan fingerprint density at radius 1 is 1.07 bits per heavy atom. The molecule has 0 fully saturated rings. The van der Waals surface area contributed by atoms with E-state index in [0.29, 0.717) is 11.6 Å². The van der Waals surface area contributed by atoms with E-state index in [1.54, 1.807) is 13.2 Å². The molecular weight excluding hydrogens is 360 g/mol. The number of benzene rings is 3. The summed E-state index contributed by atoms with van der Waals surface area (Å²) in [4.78, 5) is 13.5. The number of hydrogen-bond acceptors (Lipinski definition) is 2. The van der Waals surface area contributed by atoms with Crippen LogP contribution in [-0.4, -0.2) is 26.6 Å². The smallest absolute Gasteiger partial charge is 0.279 e. The second kappa shape index (κ2) is 8.42. The zero-order valence-electron chi connectivity index (χ0n) is 15.8. The van der Waals surface area contributed by atoms with Crippen LogP contribution in [0.1, 0.15) is 11.1 Å². The molecule has 0 heterocycles. The number of rotatable bonds is 6. The molecule has 140 valence electrons. The maximum absolute atomic E-state index is 12.4. The summed E-state index contributed by atoms with van der Waals surface area (Å²) in [5.74, 6) is 0.828. The van der Waals surface area contributed by atoms with Crippen molar-refractivity contribution in [3.05, 3.63) is 70.7 Å². The summed E-state index contributed by atoms with van der Waals surface area (Å²) in [6.45, 7) is 3.10. The minimum Gasteiger partial charge on any atom is -0.497 e. The molecule has 4 nitrogen and oxygen atoms in total. The highest BCUT2D eigenvalue weighted by Crippen LogP contribution is 2.22. The Labute approximate surface area is 164 Å². The van der Waals surface area contributed by atoms with Gasteiger partial charge in [0, 0.05) is 16.3 Å². The van der Waals surface area contributed by atoms with Gasteiger partial charge >= 0.3 is 0 Å². The molecule has 0 aliphatic heterocycles. The third-order valence-corrected chi connectivity index (χ3v) is 4.79. The van der Waals surface area contributed by atoms with Crippen molar-refractivity contribution in [3.8, 4) is 5.75 Å². The molecule has 0 saturated heterocycles. The van der Waals surface area contributed by atoms with Crippen molar-refractivity contribution >= 4 is 34.0 Å². The summed E-state index contributed by atoms with van der Waals surface area (Å²) < 4.78 is 5.27. The van der Waals surface area contributed by atoms with E-state index in [1.807, 2.05) is 38.2 Å². The Morgan fingerprint density at radius 2 is 1.81 bits per heavy atom. The molecule has 0 bridgehead atoms. The molecule has 3 rings (SSSR count). The minimum atomic E-state index is -0.0246. The van der Waals surface area contributed by atoms with Crippen molar-refractivity contribution < 1.29 is 14.4 Å². The highest BCUT2D eigenvalue weighted by molar-refractivity contribution is 6.31. The number of likely N-dealkylation sites (N-methyl/N-ethyl adjacent to an activating group) is 1. The normalized spacial score (nSPS) is 12.0. The average molecular weight is 384 g/mol. The SMILES string of the molecule is COc1ccc2cc(C[NH+](C)CC(=O)Nc3cc(Cl)ccc3C)ccc2c1. The third-order valence-electron chi connectivity index (χ3n) is 4.55. The van der Waals surface area contributed by atoms with Gasteiger partial charge in [-0.3, -0.25) is 4.79 Å². The molecule has 5 heteroatoms. The number of amides is 1. The Balaban J connectivity index is 1.63. The summed E-state index contributed by atoms with van der Waals surface area (Å²) in [5, 5.41) is 5.88. The van der Waals surface area contributed by atoms with Crippen LogP contribution in [0.2, 0.25) is 5.02 Å². The number of methoxy groups -OCH3 is 1. The van der Waals surface area contributed by atoms with E-state index < -0.39 is 0 Å². The number of quaternary nitrogens is 1. The van der Waals surface area contributed by atoms with Crippen LogP contribution in [0.4, 0.5) is 5.69 Å². The number of anilines is 1. The molecule has 3 aromatic carbocycles. The standard InChI is InChI=1S/C22H23ClN2O2/c1-15-4-8-19(23)12-21(15)24-22(26)14-25(2)13-16-5-6-18-11-20(27-3)9-7-17(18)10-16/h4-12H,13-14H2,1-3H3,(H,24,26)/p+1.